The van der Waals surface area contributed by atoms with E-state index in [1.54, 1.807) is 11.4 Å². The van der Waals surface area contributed by atoms with E-state index in [2.05, 4.69) is 16.5 Å². The van der Waals surface area contributed by atoms with Crippen molar-refractivity contribution < 1.29 is 8.42 Å². The summed E-state index contributed by atoms with van der Waals surface area (Å²) in [5, 5.41) is 1.77. The molecule has 1 aromatic rings. The van der Waals surface area contributed by atoms with Gasteiger partial charge >= 0.3 is 0 Å². The van der Waals surface area contributed by atoms with Gasteiger partial charge in [0, 0.05) is 24.0 Å². The Kier molecular flexibility index (Phi) is 4.97. The zero-order valence-corrected chi connectivity index (χ0v) is 12.8. The van der Waals surface area contributed by atoms with Gasteiger partial charge in [-0.05, 0) is 37.4 Å². The lowest BCUT2D eigenvalue weighted by Crippen LogP contribution is -2.40. The molecule has 0 radical (unpaired) electrons. The molecule has 108 valence electrons. The molecule has 0 spiro atoms. The summed E-state index contributed by atoms with van der Waals surface area (Å²) in [5.74, 6) is 0. The molecule has 19 heavy (non-hydrogen) atoms. The van der Waals surface area contributed by atoms with Gasteiger partial charge in [0.1, 0.15) is 0 Å². The van der Waals surface area contributed by atoms with E-state index in [9.17, 15) is 8.42 Å². The van der Waals surface area contributed by atoms with Crippen molar-refractivity contribution in [2.24, 2.45) is 5.73 Å². The smallest absolute Gasteiger partial charge is 0.241 e. The molecule has 7 heteroatoms. The first-order valence-corrected chi connectivity index (χ1v) is 8.95. The molecule has 2 heterocycles. The summed E-state index contributed by atoms with van der Waals surface area (Å²) in [6, 6.07) is 1.95. The maximum absolute atomic E-state index is 12.2. The average molecular weight is 303 g/mol. The highest BCUT2D eigenvalue weighted by atomic mass is 32.2. The van der Waals surface area contributed by atoms with Gasteiger partial charge < -0.3 is 5.73 Å². The maximum atomic E-state index is 12.2. The van der Waals surface area contributed by atoms with Crippen molar-refractivity contribution in [3.63, 3.8) is 0 Å². The van der Waals surface area contributed by atoms with Gasteiger partial charge in [-0.15, -0.1) is 11.3 Å². The third-order valence-corrected chi connectivity index (χ3v) is 6.17. The zero-order valence-electron chi connectivity index (χ0n) is 11.1. The largest absolute Gasteiger partial charge is 0.326 e. The van der Waals surface area contributed by atoms with Crippen LogP contribution in [0.5, 0.6) is 0 Å². The molecule has 0 aromatic carbocycles. The monoisotopic (exact) mass is 303 g/mol. The third kappa shape index (κ3) is 3.35. The second kappa shape index (κ2) is 6.32. The maximum Gasteiger partial charge on any atom is 0.241 e. The summed E-state index contributed by atoms with van der Waals surface area (Å²) >= 11 is 1.38. The summed E-state index contributed by atoms with van der Waals surface area (Å²) in [6.45, 7) is 4.89. The van der Waals surface area contributed by atoms with Crippen molar-refractivity contribution in [2.75, 3.05) is 19.6 Å². The van der Waals surface area contributed by atoms with E-state index in [1.807, 2.05) is 0 Å². The molecule has 1 aromatic heterocycles. The molecular weight excluding hydrogens is 282 g/mol. The first-order valence-electron chi connectivity index (χ1n) is 6.58. The Balaban J connectivity index is 2.02. The summed E-state index contributed by atoms with van der Waals surface area (Å²) in [7, 11) is -3.43. The van der Waals surface area contributed by atoms with Crippen LogP contribution >= 0.6 is 11.3 Å². The summed E-state index contributed by atoms with van der Waals surface area (Å²) in [4.78, 5) is 3.37. The summed E-state index contributed by atoms with van der Waals surface area (Å²) in [5.41, 5.74) is 5.56. The van der Waals surface area contributed by atoms with Crippen LogP contribution < -0.4 is 10.5 Å². The number of hydrogen-bond acceptors (Lipinski definition) is 5. The van der Waals surface area contributed by atoms with Crippen molar-refractivity contribution in [3.8, 4) is 0 Å². The van der Waals surface area contributed by atoms with Crippen LogP contribution in [-0.4, -0.2) is 39.0 Å². The number of likely N-dealkylation sites (N-methyl/N-ethyl adjacent to an activating group) is 1. The van der Waals surface area contributed by atoms with Gasteiger partial charge in [0.2, 0.25) is 10.0 Å². The molecule has 1 unspecified atom stereocenters. The van der Waals surface area contributed by atoms with Crippen LogP contribution in [-0.2, 0) is 16.6 Å². The van der Waals surface area contributed by atoms with Gasteiger partial charge in [-0.2, -0.15) is 0 Å². The fourth-order valence-electron chi connectivity index (χ4n) is 2.54. The Morgan fingerprint density at radius 3 is 3.05 bits per heavy atom. The lowest BCUT2D eigenvalue weighted by Gasteiger charge is -2.22. The Bertz CT molecular complexity index is 513. The zero-order chi connectivity index (χ0) is 13.9. The predicted molar refractivity (Wildman–Crippen MR) is 77.7 cm³/mol. The first kappa shape index (κ1) is 14.9. The SMILES string of the molecule is CCN1CCCC1CNS(=O)(=O)c1ccsc1CN. The van der Waals surface area contributed by atoms with Crippen LogP contribution in [0.4, 0.5) is 0 Å². The topological polar surface area (TPSA) is 75.4 Å². The number of thiophene rings is 1. The highest BCUT2D eigenvalue weighted by Crippen LogP contribution is 2.22. The van der Waals surface area contributed by atoms with Crippen LogP contribution in [0.2, 0.25) is 0 Å². The van der Waals surface area contributed by atoms with E-state index < -0.39 is 10.0 Å². The Labute approximate surface area is 118 Å². The second-order valence-electron chi connectivity index (χ2n) is 4.69. The van der Waals surface area contributed by atoms with Crippen molar-refractivity contribution >= 4 is 21.4 Å². The Morgan fingerprint density at radius 1 is 1.58 bits per heavy atom. The average Bonchev–Trinajstić information content (AvgIpc) is 3.04. The molecule has 0 amide bonds. The van der Waals surface area contributed by atoms with Crippen LogP contribution in [0.3, 0.4) is 0 Å². The van der Waals surface area contributed by atoms with E-state index >= 15 is 0 Å². The number of rotatable bonds is 6. The number of nitrogens with two attached hydrogens (primary N) is 1. The normalized spacial score (nSPS) is 21.1. The van der Waals surface area contributed by atoms with Gasteiger partial charge in [0.05, 0.1) is 4.90 Å². The molecule has 3 N–H and O–H groups in total. The van der Waals surface area contributed by atoms with Crippen molar-refractivity contribution in [3.05, 3.63) is 16.3 Å². The van der Waals surface area contributed by atoms with Crippen LogP contribution in [0, 0.1) is 0 Å². The fourth-order valence-corrected chi connectivity index (χ4v) is 4.95. The molecule has 2 rings (SSSR count). The van der Waals surface area contributed by atoms with Crippen molar-refractivity contribution in [1.29, 1.82) is 0 Å². The minimum Gasteiger partial charge on any atom is -0.326 e. The summed E-state index contributed by atoms with van der Waals surface area (Å²) in [6.07, 6.45) is 2.20. The lowest BCUT2D eigenvalue weighted by atomic mass is 10.2. The van der Waals surface area contributed by atoms with Crippen molar-refractivity contribution in [2.45, 2.75) is 37.2 Å². The van der Waals surface area contributed by atoms with Gasteiger partial charge in [-0.3, -0.25) is 4.90 Å². The van der Waals surface area contributed by atoms with E-state index in [1.165, 1.54) is 11.3 Å². The number of nitrogens with one attached hydrogen (secondary N) is 1. The minimum atomic E-state index is -3.43. The molecule has 1 aliphatic rings. The number of sulfonamides is 1. The second-order valence-corrected chi connectivity index (χ2v) is 7.42. The Morgan fingerprint density at radius 2 is 2.37 bits per heavy atom. The molecule has 0 saturated carbocycles. The van der Waals surface area contributed by atoms with Gasteiger partial charge in [-0.1, -0.05) is 6.92 Å². The standard InChI is InChI=1S/C12H21N3O2S2/c1-2-15-6-3-4-10(15)9-14-19(16,17)12-5-7-18-11(12)8-13/h5,7,10,14H,2-4,6,8-9,13H2,1H3. The molecule has 1 aliphatic heterocycles. The first-order chi connectivity index (χ1) is 9.08. The van der Waals surface area contributed by atoms with E-state index in [-0.39, 0.29) is 6.54 Å². The molecular formula is C12H21N3O2S2. The number of hydrogen-bond donors (Lipinski definition) is 2. The molecule has 1 saturated heterocycles. The molecule has 1 fully saturated rings. The fraction of sp³-hybridized carbons (Fsp3) is 0.667. The highest BCUT2D eigenvalue weighted by Gasteiger charge is 2.26. The van der Waals surface area contributed by atoms with Gasteiger partial charge in [-0.25, -0.2) is 13.1 Å². The quantitative estimate of drug-likeness (QED) is 0.821. The summed E-state index contributed by atoms with van der Waals surface area (Å²) < 4.78 is 27.2. The molecule has 0 bridgehead atoms. The third-order valence-electron chi connectivity index (χ3n) is 3.59. The van der Waals surface area contributed by atoms with Gasteiger partial charge in [0.15, 0.2) is 0 Å². The van der Waals surface area contributed by atoms with Crippen LogP contribution in [0.1, 0.15) is 24.6 Å². The number of likely N-dealkylation sites (tertiary alicyclic amines) is 1. The van der Waals surface area contributed by atoms with Crippen molar-refractivity contribution in [1.82, 2.24) is 9.62 Å². The van der Waals surface area contributed by atoms with E-state index in [0.717, 1.165) is 25.9 Å². The van der Waals surface area contributed by atoms with E-state index in [4.69, 9.17) is 5.73 Å². The molecule has 0 aliphatic carbocycles. The number of nitrogens with zero attached hydrogens (tertiary/aromatic N) is 1. The van der Waals surface area contributed by atoms with Gasteiger partial charge in [0.25, 0.3) is 0 Å². The predicted octanol–water partition coefficient (Wildman–Crippen LogP) is 0.969. The highest BCUT2D eigenvalue weighted by molar-refractivity contribution is 7.89. The minimum absolute atomic E-state index is 0.262. The molecule has 1 atom stereocenters. The van der Waals surface area contributed by atoms with Crippen LogP contribution in [0.25, 0.3) is 0 Å². The van der Waals surface area contributed by atoms with E-state index in [0.29, 0.717) is 22.4 Å². The van der Waals surface area contributed by atoms with Crippen LogP contribution in [0.15, 0.2) is 16.3 Å². The lowest BCUT2D eigenvalue weighted by molar-refractivity contribution is 0.268. The molecule has 5 nitrogen and oxygen atoms in total. The Hall–Kier alpha value is -0.470.